The van der Waals surface area contributed by atoms with Gasteiger partial charge in [0, 0.05) is 17.7 Å². The number of piperidine rings is 1. The molecule has 0 aliphatic carbocycles. The lowest BCUT2D eigenvalue weighted by atomic mass is 9.88. The highest BCUT2D eigenvalue weighted by Gasteiger charge is 2.23. The number of β-amino-alcohol motifs (C(OH)–C–C–N with tert-alkyl or cyclic N) is 1. The van der Waals surface area contributed by atoms with Gasteiger partial charge in [-0.3, -0.25) is 0 Å². The standard InChI is InChI=1S/C30H33NO4.H2O/c32-28(21-35-29-10-4-3-8-26(29)19-27-9-5-17-34-30(27)33)20-31-15-13-23(14-16-31)25-12-11-22-6-1-2-7-24(22)18-25;/h1-4,6-8,10-12,18-19,23,28,32H,5,9,13-17,20-21H2;1H2/t28-;/m0./s1. The van der Waals surface area contributed by atoms with E-state index in [1.54, 1.807) is 0 Å². The summed E-state index contributed by atoms with van der Waals surface area (Å²) >= 11 is 0. The van der Waals surface area contributed by atoms with Gasteiger partial charge in [-0.2, -0.15) is 0 Å². The SMILES string of the molecule is O.O=C1OCCCC1=Cc1ccccc1OC[C@@H](O)CN1CCC(c2ccc3ccccc3c2)CC1. The number of hydrogen-bond donors (Lipinski definition) is 1. The number of carbonyl (C=O) groups excluding carboxylic acids is 1. The Balaban J connectivity index is 0.00000304. The van der Waals surface area contributed by atoms with Gasteiger partial charge in [-0.15, -0.1) is 0 Å². The fourth-order valence-electron chi connectivity index (χ4n) is 5.12. The number of likely N-dealkylation sites (tertiary alicyclic amines) is 1. The van der Waals surface area contributed by atoms with Crippen molar-refractivity contribution >= 4 is 22.8 Å². The third-order valence-electron chi connectivity index (χ3n) is 7.07. The summed E-state index contributed by atoms with van der Waals surface area (Å²) in [5.41, 5.74) is 2.92. The average Bonchev–Trinajstić information content (AvgIpc) is 2.90. The van der Waals surface area contributed by atoms with Gasteiger partial charge < -0.3 is 25.0 Å². The van der Waals surface area contributed by atoms with Crippen LogP contribution in [0.4, 0.5) is 0 Å². The van der Waals surface area contributed by atoms with E-state index >= 15 is 0 Å². The fourth-order valence-corrected chi connectivity index (χ4v) is 5.12. The van der Waals surface area contributed by atoms with Crippen molar-refractivity contribution in [2.24, 2.45) is 0 Å². The number of aliphatic hydroxyl groups excluding tert-OH is 1. The minimum absolute atomic E-state index is 0. The minimum atomic E-state index is -0.576. The van der Waals surface area contributed by atoms with Crippen molar-refractivity contribution in [2.45, 2.75) is 37.7 Å². The molecule has 36 heavy (non-hydrogen) atoms. The van der Waals surface area contributed by atoms with Crippen LogP contribution in [0, 0.1) is 0 Å². The first-order valence-electron chi connectivity index (χ1n) is 12.6. The molecule has 0 bridgehead atoms. The summed E-state index contributed by atoms with van der Waals surface area (Å²) in [4.78, 5) is 14.3. The van der Waals surface area contributed by atoms with Crippen molar-refractivity contribution in [2.75, 3.05) is 32.8 Å². The first kappa shape index (κ1) is 25.9. The molecule has 0 unspecified atom stereocenters. The summed E-state index contributed by atoms with van der Waals surface area (Å²) in [5.74, 6) is 0.987. The van der Waals surface area contributed by atoms with E-state index in [1.165, 1.54) is 16.3 Å². The van der Waals surface area contributed by atoms with Crippen molar-refractivity contribution in [3.8, 4) is 5.75 Å². The predicted octanol–water partition coefficient (Wildman–Crippen LogP) is 4.35. The van der Waals surface area contributed by atoms with Gasteiger partial charge >= 0.3 is 5.97 Å². The second-order valence-corrected chi connectivity index (χ2v) is 9.59. The Labute approximate surface area is 212 Å². The third-order valence-corrected chi connectivity index (χ3v) is 7.07. The molecule has 1 atom stereocenters. The van der Waals surface area contributed by atoms with Crippen LogP contribution in [-0.4, -0.2) is 60.4 Å². The number of hydrogen-bond acceptors (Lipinski definition) is 5. The van der Waals surface area contributed by atoms with Crippen molar-refractivity contribution in [3.05, 3.63) is 83.4 Å². The van der Waals surface area contributed by atoms with Gasteiger partial charge in [0.15, 0.2) is 0 Å². The lowest BCUT2D eigenvalue weighted by molar-refractivity contribution is -0.141. The summed E-state index contributed by atoms with van der Waals surface area (Å²) in [5, 5.41) is 13.2. The second-order valence-electron chi connectivity index (χ2n) is 9.59. The van der Waals surface area contributed by atoms with E-state index in [0.29, 0.717) is 36.8 Å². The van der Waals surface area contributed by atoms with Crippen LogP contribution in [0.1, 0.15) is 42.7 Å². The lowest BCUT2D eigenvalue weighted by Gasteiger charge is -2.33. The molecule has 2 saturated heterocycles. The van der Waals surface area contributed by atoms with Crippen LogP contribution in [0.5, 0.6) is 5.75 Å². The Kier molecular flexibility index (Phi) is 8.75. The van der Waals surface area contributed by atoms with E-state index in [0.717, 1.165) is 37.9 Å². The molecule has 2 heterocycles. The molecule has 0 aromatic heterocycles. The topological polar surface area (TPSA) is 90.5 Å². The minimum Gasteiger partial charge on any atom is -0.490 e. The average molecular weight is 490 g/mol. The van der Waals surface area contributed by atoms with Crippen molar-refractivity contribution < 1.29 is 24.9 Å². The van der Waals surface area contributed by atoms with Crippen LogP contribution in [0.2, 0.25) is 0 Å². The van der Waals surface area contributed by atoms with Gasteiger partial charge in [-0.05, 0) is 73.2 Å². The van der Waals surface area contributed by atoms with E-state index in [9.17, 15) is 9.90 Å². The van der Waals surface area contributed by atoms with E-state index in [2.05, 4.69) is 47.4 Å². The molecular formula is C30H35NO5. The number of rotatable bonds is 7. The first-order valence-corrected chi connectivity index (χ1v) is 12.6. The number of cyclic esters (lactones) is 1. The van der Waals surface area contributed by atoms with Crippen LogP contribution in [0.3, 0.4) is 0 Å². The molecule has 3 N–H and O–H groups in total. The van der Waals surface area contributed by atoms with E-state index in [4.69, 9.17) is 9.47 Å². The summed E-state index contributed by atoms with van der Waals surface area (Å²) in [6.07, 6.45) is 5.02. The third kappa shape index (κ3) is 6.32. The van der Waals surface area contributed by atoms with Crippen molar-refractivity contribution in [1.82, 2.24) is 4.90 Å². The van der Waals surface area contributed by atoms with Crippen molar-refractivity contribution in [3.63, 3.8) is 0 Å². The summed E-state index contributed by atoms with van der Waals surface area (Å²) in [6.45, 7) is 3.24. The molecule has 2 aliphatic heterocycles. The number of nitrogens with zero attached hydrogens (tertiary/aromatic N) is 1. The van der Waals surface area contributed by atoms with E-state index in [-0.39, 0.29) is 18.1 Å². The molecule has 0 radical (unpaired) electrons. The lowest BCUT2D eigenvalue weighted by Crippen LogP contribution is -2.40. The number of fused-ring (bicyclic) bond motifs is 1. The number of benzene rings is 3. The fraction of sp³-hybridized carbons (Fsp3) is 0.367. The zero-order valence-electron chi connectivity index (χ0n) is 20.6. The van der Waals surface area contributed by atoms with Crippen LogP contribution in [0.25, 0.3) is 16.8 Å². The summed E-state index contributed by atoms with van der Waals surface area (Å²) in [6, 6.07) is 23.0. The molecule has 6 heteroatoms. The monoisotopic (exact) mass is 489 g/mol. The molecular weight excluding hydrogens is 454 g/mol. The quantitative estimate of drug-likeness (QED) is 0.394. The Bertz CT molecular complexity index is 1200. The van der Waals surface area contributed by atoms with Gasteiger partial charge in [0.2, 0.25) is 0 Å². The predicted molar refractivity (Wildman–Crippen MR) is 142 cm³/mol. The highest BCUT2D eigenvalue weighted by Crippen LogP contribution is 2.30. The van der Waals surface area contributed by atoms with Gasteiger partial charge in [0.25, 0.3) is 0 Å². The zero-order chi connectivity index (χ0) is 24.0. The Hall–Kier alpha value is -3.19. The number of para-hydroxylation sites is 1. The number of carbonyl (C=O) groups is 1. The highest BCUT2D eigenvalue weighted by atomic mass is 16.5. The van der Waals surface area contributed by atoms with E-state index < -0.39 is 6.10 Å². The smallest absolute Gasteiger partial charge is 0.334 e. The van der Waals surface area contributed by atoms with Crippen LogP contribution < -0.4 is 4.74 Å². The normalized spacial score (nSPS) is 19.0. The molecule has 0 spiro atoms. The van der Waals surface area contributed by atoms with Gasteiger partial charge in [-0.1, -0.05) is 60.7 Å². The molecule has 5 rings (SSSR count). The zero-order valence-corrected chi connectivity index (χ0v) is 20.6. The molecule has 190 valence electrons. The van der Waals surface area contributed by atoms with Crippen molar-refractivity contribution in [1.29, 1.82) is 0 Å². The molecule has 2 aliphatic rings. The molecule has 6 nitrogen and oxygen atoms in total. The number of ether oxygens (including phenoxy) is 2. The van der Waals surface area contributed by atoms with Crippen LogP contribution >= 0.6 is 0 Å². The maximum atomic E-state index is 12.0. The molecule has 3 aromatic carbocycles. The summed E-state index contributed by atoms with van der Waals surface area (Å²) in [7, 11) is 0. The largest absolute Gasteiger partial charge is 0.490 e. The van der Waals surface area contributed by atoms with Gasteiger partial charge in [0.05, 0.1) is 6.61 Å². The highest BCUT2D eigenvalue weighted by molar-refractivity contribution is 5.94. The van der Waals surface area contributed by atoms with Crippen LogP contribution in [-0.2, 0) is 9.53 Å². The maximum absolute atomic E-state index is 12.0. The maximum Gasteiger partial charge on any atom is 0.334 e. The van der Waals surface area contributed by atoms with Gasteiger partial charge in [-0.25, -0.2) is 4.79 Å². The second kappa shape index (κ2) is 12.2. The summed E-state index contributed by atoms with van der Waals surface area (Å²) < 4.78 is 11.1. The Morgan fingerprint density at radius 1 is 1.03 bits per heavy atom. The molecule has 2 fully saturated rings. The Morgan fingerprint density at radius 3 is 2.58 bits per heavy atom. The molecule has 3 aromatic rings. The van der Waals surface area contributed by atoms with E-state index in [1.807, 2.05) is 30.3 Å². The first-order chi connectivity index (χ1) is 17.2. The number of esters is 1. The Morgan fingerprint density at radius 2 is 1.78 bits per heavy atom. The molecule has 0 saturated carbocycles. The van der Waals surface area contributed by atoms with Gasteiger partial charge in [0.1, 0.15) is 18.5 Å². The number of aliphatic hydroxyl groups is 1. The van der Waals surface area contributed by atoms with Crippen LogP contribution in [0.15, 0.2) is 72.3 Å². The molecule has 0 amide bonds.